The Labute approximate surface area is 196 Å². The molecule has 0 radical (unpaired) electrons. The highest BCUT2D eigenvalue weighted by atomic mass is 32.2. The molecule has 11 nitrogen and oxygen atoms in total. The Balaban J connectivity index is 1.39. The lowest BCUT2D eigenvalue weighted by atomic mass is 10.2. The molecule has 1 amide bonds. The molecule has 0 saturated carbocycles. The number of nitrogens with zero attached hydrogens (tertiary/aromatic N) is 5. The SMILES string of the molecule is CC(OC(=O)c1ccccc1-n1cnnn1)C(=O)Nc1ccc(S(=O)(=O)N2CCCCC2)cc1. The zero-order valence-electron chi connectivity index (χ0n) is 18.5. The summed E-state index contributed by atoms with van der Waals surface area (Å²) < 4.78 is 33.7. The third-order valence-corrected chi connectivity index (χ3v) is 7.36. The van der Waals surface area contributed by atoms with Crippen molar-refractivity contribution in [3.63, 3.8) is 0 Å². The first kappa shape index (κ1) is 23.5. The number of hydrogen-bond acceptors (Lipinski definition) is 8. The third-order valence-electron chi connectivity index (χ3n) is 5.45. The predicted molar refractivity (Wildman–Crippen MR) is 122 cm³/mol. The first-order chi connectivity index (χ1) is 16.4. The molecule has 2 heterocycles. The van der Waals surface area contributed by atoms with E-state index in [9.17, 15) is 18.0 Å². The Morgan fingerprint density at radius 2 is 1.74 bits per heavy atom. The molecule has 1 aliphatic heterocycles. The first-order valence-corrected chi connectivity index (χ1v) is 12.2. The number of anilines is 1. The second-order valence-corrected chi connectivity index (χ2v) is 9.74. The van der Waals surface area contributed by atoms with Crippen LogP contribution in [0.3, 0.4) is 0 Å². The average molecular weight is 485 g/mol. The number of ether oxygens (including phenoxy) is 1. The molecule has 1 N–H and O–H groups in total. The third kappa shape index (κ3) is 5.13. The van der Waals surface area contributed by atoms with Gasteiger partial charge in [-0.2, -0.15) is 8.99 Å². The molecule has 1 unspecified atom stereocenters. The van der Waals surface area contributed by atoms with Gasteiger partial charge >= 0.3 is 5.97 Å². The smallest absolute Gasteiger partial charge is 0.341 e. The van der Waals surface area contributed by atoms with Gasteiger partial charge in [-0.25, -0.2) is 13.2 Å². The largest absolute Gasteiger partial charge is 0.449 e. The normalized spacial score (nSPS) is 15.4. The number of esters is 1. The van der Waals surface area contributed by atoms with Gasteiger partial charge in [0.05, 0.1) is 16.1 Å². The van der Waals surface area contributed by atoms with Crippen LogP contribution in [0.2, 0.25) is 0 Å². The second-order valence-electron chi connectivity index (χ2n) is 7.80. The van der Waals surface area contributed by atoms with E-state index in [0.29, 0.717) is 24.5 Å². The summed E-state index contributed by atoms with van der Waals surface area (Å²) in [7, 11) is -3.56. The van der Waals surface area contributed by atoms with Gasteiger partial charge in [0.1, 0.15) is 6.33 Å². The van der Waals surface area contributed by atoms with Crippen LogP contribution >= 0.6 is 0 Å². The van der Waals surface area contributed by atoms with Crippen LogP contribution in [0.5, 0.6) is 0 Å². The summed E-state index contributed by atoms with van der Waals surface area (Å²) in [5.74, 6) is -1.27. The summed E-state index contributed by atoms with van der Waals surface area (Å²) in [6, 6.07) is 12.5. The molecule has 0 spiro atoms. The Bertz CT molecular complexity index is 1260. The van der Waals surface area contributed by atoms with Crippen molar-refractivity contribution >= 4 is 27.6 Å². The number of sulfonamides is 1. The van der Waals surface area contributed by atoms with E-state index in [0.717, 1.165) is 19.3 Å². The summed E-state index contributed by atoms with van der Waals surface area (Å²) in [4.78, 5) is 25.4. The van der Waals surface area contributed by atoms with Crippen LogP contribution in [0.4, 0.5) is 5.69 Å². The Morgan fingerprint density at radius 3 is 2.41 bits per heavy atom. The fraction of sp³-hybridized carbons (Fsp3) is 0.318. The minimum atomic E-state index is -3.56. The summed E-state index contributed by atoms with van der Waals surface area (Å²) in [6.45, 7) is 2.47. The van der Waals surface area contributed by atoms with Gasteiger partial charge in [-0.05, 0) is 66.6 Å². The molecule has 0 aliphatic carbocycles. The van der Waals surface area contributed by atoms with E-state index in [-0.39, 0.29) is 10.5 Å². The maximum absolute atomic E-state index is 12.8. The van der Waals surface area contributed by atoms with Crippen LogP contribution in [-0.4, -0.2) is 64.0 Å². The van der Waals surface area contributed by atoms with Crippen molar-refractivity contribution in [1.29, 1.82) is 0 Å². The van der Waals surface area contributed by atoms with Crippen LogP contribution in [-0.2, 0) is 19.6 Å². The van der Waals surface area contributed by atoms with Crippen LogP contribution in [0, 0.1) is 0 Å². The van der Waals surface area contributed by atoms with E-state index in [1.54, 1.807) is 24.3 Å². The lowest BCUT2D eigenvalue weighted by Crippen LogP contribution is -2.35. The number of amides is 1. The molecule has 1 aromatic heterocycles. The molecule has 34 heavy (non-hydrogen) atoms. The summed E-state index contributed by atoms with van der Waals surface area (Å²) >= 11 is 0. The Morgan fingerprint density at radius 1 is 1.03 bits per heavy atom. The number of rotatable bonds is 7. The number of carbonyl (C=O) groups is 2. The summed E-state index contributed by atoms with van der Waals surface area (Å²) in [5.41, 5.74) is 0.997. The molecule has 12 heteroatoms. The van der Waals surface area contributed by atoms with E-state index in [1.165, 1.54) is 46.5 Å². The van der Waals surface area contributed by atoms with Crippen LogP contribution in [0.25, 0.3) is 5.69 Å². The zero-order valence-corrected chi connectivity index (χ0v) is 19.3. The molecule has 3 aromatic rings. The molecule has 1 atom stereocenters. The minimum Gasteiger partial charge on any atom is -0.449 e. The molecule has 2 aromatic carbocycles. The van der Waals surface area contributed by atoms with Gasteiger partial charge < -0.3 is 10.1 Å². The molecular weight excluding hydrogens is 460 g/mol. The first-order valence-electron chi connectivity index (χ1n) is 10.8. The van der Waals surface area contributed by atoms with E-state index in [4.69, 9.17) is 4.74 Å². The van der Waals surface area contributed by atoms with Gasteiger partial charge in [0.2, 0.25) is 10.0 Å². The molecule has 4 rings (SSSR count). The number of para-hydroxylation sites is 1. The fourth-order valence-corrected chi connectivity index (χ4v) is 5.12. The topological polar surface area (TPSA) is 136 Å². The maximum Gasteiger partial charge on any atom is 0.341 e. The average Bonchev–Trinajstić information content (AvgIpc) is 3.40. The van der Waals surface area contributed by atoms with E-state index in [2.05, 4.69) is 20.8 Å². The monoisotopic (exact) mass is 484 g/mol. The highest BCUT2D eigenvalue weighted by Crippen LogP contribution is 2.22. The molecule has 1 fully saturated rings. The van der Waals surface area contributed by atoms with Crippen LogP contribution < -0.4 is 5.32 Å². The standard InChI is InChI=1S/C22H24N6O5S/c1-16(33-22(30)19-7-3-4-8-20(19)28-15-23-25-26-28)21(29)24-17-9-11-18(12-10-17)34(31,32)27-13-5-2-6-14-27/h3-4,7-12,15-16H,2,5-6,13-14H2,1H3,(H,24,29). The van der Waals surface area contributed by atoms with Crippen LogP contribution in [0.1, 0.15) is 36.5 Å². The number of hydrogen-bond donors (Lipinski definition) is 1. The fourth-order valence-electron chi connectivity index (χ4n) is 3.60. The van der Waals surface area contributed by atoms with E-state index in [1.807, 2.05) is 0 Å². The van der Waals surface area contributed by atoms with Gasteiger partial charge in [0.25, 0.3) is 5.91 Å². The van der Waals surface area contributed by atoms with Crippen molar-refractivity contribution < 1.29 is 22.7 Å². The number of piperidine rings is 1. The van der Waals surface area contributed by atoms with Crippen LogP contribution in [0.15, 0.2) is 59.8 Å². The number of carbonyl (C=O) groups excluding carboxylic acids is 2. The van der Waals surface area contributed by atoms with Crippen molar-refractivity contribution in [2.75, 3.05) is 18.4 Å². The lowest BCUT2D eigenvalue weighted by Gasteiger charge is -2.25. The molecule has 178 valence electrons. The number of benzene rings is 2. The molecule has 1 aliphatic rings. The summed E-state index contributed by atoms with van der Waals surface area (Å²) in [6.07, 6.45) is 2.97. The highest BCUT2D eigenvalue weighted by Gasteiger charge is 2.26. The van der Waals surface area contributed by atoms with E-state index < -0.39 is 28.0 Å². The summed E-state index contributed by atoms with van der Waals surface area (Å²) in [5, 5.41) is 13.5. The van der Waals surface area contributed by atoms with Gasteiger partial charge in [0.15, 0.2) is 6.10 Å². The van der Waals surface area contributed by atoms with E-state index >= 15 is 0 Å². The molecule has 0 bridgehead atoms. The highest BCUT2D eigenvalue weighted by molar-refractivity contribution is 7.89. The van der Waals surface area contributed by atoms with Crippen molar-refractivity contribution in [2.45, 2.75) is 37.2 Å². The number of aromatic nitrogens is 4. The van der Waals surface area contributed by atoms with Gasteiger partial charge in [-0.1, -0.05) is 18.6 Å². The number of tetrazole rings is 1. The molecule has 1 saturated heterocycles. The minimum absolute atomic E-state index is 0.172. The Hall–Kier alpha value is -3.64. The quantitative estimate of drug-likeness (QED) is 0.503. The zero-order chi connectivity index (χ0) is 24.1. The van der Waals surface area contributed by atoms with Gasteiger partial charge in [-0.3, -0.25) is 4.79 Å². The van der Waals surface area contributed by atoms with Crippen molar-refractivity contribution in [2.24, 2.45) is 0 Å². The van der Waals surface area contributed by atoms with Crippen molar-refractivity contribution in [3.05, 3.63) is 60.4 Å². The molecular formula is C22H24N6O5S. The number of nitrogens with one attached hydrogen (secondary N) is 1. The van der Waals surface area contributed by atoms with Crippen molar-refractivity contribution in [1.82, 2.24) is 24.5 Å². The second kappa shape index (κ2) is 10.1. The maximum atomic E-state index is 12.8. The lowest BCUT2D eigenvalue weighted by molar-refractivity contribution is -0.123. The van der Waals surface area contributed by atoms with Crippen molar-refractivity contribution in [3.8, 4) is 5.69 Å². The van der Waals surface area contributed by atoms with Gasteiger partial charge in [-0.15, -0.1) is 5.10 Å². The van der Waals surface area contributed by atoms with Gasteiger partial charge in [0, 0.05) is 18.8 Å². The predicted octanol–water partition coefficient (Wildman–Crippen LogP) is 2.02. The Kier molecular flexibility index (Phi) is 6.98.